The third kappa shape index (κ3) is 2.18. The van der Waals surface area contributed by atoms with Crippen LogP contribution in [0.4, 0.5) is 0 Å². The maximum absolute atomic E-state index is 11.3. The standard InChI is InChI=1S/C14H12N2O3S/c1-16-10-6-4-3-5-9(10)15-14(16)20-12-8-7-11(19-12)13(17)18-2/h3-8H,1-2H3. The van der Waals surface area contributed by atoms with Gasteiger partial charge in [0.05, 0.1) is 18.1 Å². The molecule has 0 aliphatic rings. The number of imidazole rings is 1. The lowest BCUT2D eigenvalue weighted by molar-refractivity contribution is 0.0559. The molecule has 1 aromatic carbocycles. The summed E-state index contributed by atoms with van der Waals surface area (Å²) < 4.78 is 12.0. The molecule has 20 heavy (non-hydrogen) atoms. The van der Waals surface area contributed by atoms with Gasteiger partial charge < -0.3 is 13.7 Å². The summed E-state index contributed by atoms with van der Waals surface area (Å²) >= 11 is 1.37. The van der Waals surface area contributed by atoms with E-state index < -0.39 is 5.97 Å². The van der Waals surface area contributed by atoms with Crippen molar-refractivity contribution in [1.29, 1.82) is 0 Å². The minimum atomic E-state index is -0.484. The molecule has 5 nitrogen and oxygen atoms in total. The normalized spacial score (nSPS) is 10.9. The van der Waals surface area contributed by atoms with Crippen molar-refractivity contribution in [3.05, 3.63) is 42.2 Å². The number of furan rings is 1. The van der Waals surface area contributed by atoms with E-state index in [1.807, 2.05) is 35.9 Å². The van der Waals surface area contributed by atoms with Crippen molar-refractivity contribution in [2.75, 3.05) is 7.11 Å². The van der Waals surface area contributed by atoms with Gasteiger partial charge in [-0.05, 0) is 36.0 Å². The zero-order valence-electron chi connectivity index (χ0n) is 11.0. The van der Waals surface area contributed by atoms with Crippen LogP contribution in [-0.4, -0.2) is 22.6 Å². The Bertz CT molecular complexity index is 776. The Labute approximate surface area is 119 Å². The molecule has 0 aliphatic carbocycles. The third-order valence-corrected chi connectivity index (χ3v) is 3.87. The molecule has 0 atom stereocenters. The minimum absolute atomic E-state index is 0.189. The molecule has 0 saturated carbocycles. The number of para-hydroxylation sites is 2. The molecule has 2 heterocycles. The molecule has 0 unspecified atom stereocenters. The van der Waals surface area contributed by atoms with Gasteiger partial charge in [0.25, 0.3) is 0 Å². The van der Waals surface area contributed by atoms with Crippen molar-refractivity contribution < 1.29 is 13.9 Å². The highest BCUT2D eigenvalue weighted by molar-refractivity contribution is 7.99. The maximum Gasteiger partial charge on any atom is 0.374 e. The van der Waals surface area contributed by atoms with E-state index in [-0.39, 0.29) is 5.76 Å². The number of carbonyl (C=O) groups is 1. The molecule has 0 radical (unpaired) electrons. The molecule has 0 fully saturated rings. The SMILES string of the molecule is COC(=O)c1ccc(Sc2nc3ccccc3n2C)o1. The predicted molar refractivity (Wildman–Crippen MR) is 74.9 cm³/mol. The van der Waals surface area contributed by atoms with Gasteiger partial charge in [-0.2, -0.15) is 0 Å². The van der Waals surface area contributed by atoms with Crippen molar-refractivity contribution in [3.63, 3.8) is 0 Å². The maximum atomic E-state index is 11.3. The summed E-state index contributed by atoms with van der Waals surface area (Å²) in [5.41, 5.74) is 1.98. The molecule has 102 valence electrons. The number of hydrogen-bond acceptors (Lipinski definition) is 5. The number of benzene rings is 1. The zero-order chi connectivity index (χ0) is 14.1. The number of aryl methyl sites for hydroxylation is 1. The van der Waals surface area contributed by atoms with Crippen LogP contribution < -0.4 is 0 Å². The largest absolute Gasteiger partial charge is 0.463 e. The molecule has 0 N–H and O–H groups in total. The average molecular weight is 288 g/mol. The fourth-order valence-electron chi connectivity index (χ4n) is 1.89. The number of aromatic nitrogens is 2. The summed E-state index contributed by atoms with van der Waals surface area (Å²) in [5.74, 6) is -0.296. The summed E-state index contributed by atoms with van der Waals surface area (Å²) in [4.78, 5) is 15.9. The smallest absolute Gasteiger partial charge is 0.374 e. The van der Waals surface area contributed by atoms with Gasteiger partial charge in [-0.15, -0.1) is 0 Å². The second-order valence-corrected chi connectivity index (χ2v) is 5.13. The summed E-state index contributed by atoms with van der Waals surface area (Å²) in [6, 6.07) is 11.2. The number of rotatable bonds is 3. The number of esters is 1. The third-order valence-electron chi connectivity index (χ3n) is 2.91. The predicted octanol–water partition coefficient (Wildman–Crippen LogP) is 3.10. The van der Waals surface area contributed by atoms with E-state index in [1.54, 1.807) is 12.1 Å². The molecule has 0 bridgehead atoms. The molecular weight excluding hydrogens is 276 g/mol. The van der Waals surface area contributed by atoms with E-state index in [9.17, 15) is 4.79 Å². The summed E-state index contributed by atoms with van der Waals surface area (Å²) in [6.07, 6.45) is 0. The average Bonchev–Trinajstić information content (AvgIpc) is 3.05. The molecule has 0 aliphatic heterocycles. The van der Waals surface area contributed by atoms with E-state index in [1.165, 1.54) is 18.9 Å². The Morgan fingerprint density at radius 3 is 2.85 bits per heavy atom. The van der Waals surface area contributed by atoms with E-state index in [2.05, 4.69) is 9.72 Å². The zero-order valence-corrected chi connectivity index (χ0v) is 11.8. The van der Waals surface area contributed by atoms with E-state index in [0.29, 0.717) is 5.09 Å². The molecule has 0 saturated heterocycles. The first-order valence-corrected chi connectivity index (χ1v) is 6.78. The molecule has 6 heteroatoms. The quantitative estimate of drug-likeness (QED) is 0.693. The number of fused-ring (bicyclic) bond motifs is 1. The number of carbonyl (C=O) groups excluding carboxylic acids is 1. The lowest BCUT2D eigenvalue weighted by Gasteiger charge is -1.99. The van der Waals surface area contributed by atoms with Crippen LogP contribution in [0.15, 0.2) is 51.1 Å². The van der Waals surface area contributed by atoms with Crippen LogP contribution in [0.1, 0.15) is 10.6 Å². The number of hydrogen-bond donors (Lipinski definition) is 0. The Balaban J connectivity index is 1.91. The molecule has 0 amide bonds. The minimum Gasteiger partial charge on any atom is -0.463 e. The van der Waals surface area contributed by atoms with Crippen LogP contribution in [-0.2, 0) is 11.8 Å². The van der Waals surface area contributed by atoms with Crippen molar-refractivity contribution in [2.24, 2.45) is 7.05 Å². The number of nitrogens with zero attached hydrogens (tertiary/aromatic N) is 2. The second kappa shape index (κ2) is 5.05. The number of ether oxygens (including phenoxy) is 1. The van der Waals surface area contributed by atoms with Crippen LogP contribution in [0, 0.1) is 0 Å². The number of methoxy groups -OCH3 is 1. The van der Waals surface area contributed by atoms with E-state index >= 15 is 0 Å². The molecule has 0 spiro atoms. The van der Waals surface area contributed by atoms with Crippen molar-refractivity contribution in [3.8, 4) is 0 Å². The Kier molecular flexibility index (Phi) is 3.23. The summed E-state index contributed by atoms with van der Waals surface area (Å²) in [6.45, 7) is 0. The second-order valence-electron chi connectivity index (χ2n) is 4.15. The monoisotopic (exact) mass is 288 g/mol. The van der Waals surface area contributed by atoms with Gasteiger partial charge in [0.2, 0.25) is 5.76 Å². The van der Waals surface area contributed by atoms with Crippen LogP contribution >= 0.6 is 11.8 Å². The van der Waals surface area contributed by atoms with Gasteiger partial charge in [-0.25, -0.2) is 9.78 Å². The lowest BCUT2D eigenvalue weighted by atomic mass is 10.3. The van der Waals surface area contributed by atoms with E-state index in [4.69, 9.17) is 4.42 Å². The fourth-order valence-corrected chi connectivity index (χ4v) is 2.72. The van der Waals surface area contributed by atoms with Gasteiger partial charge in [0, 0.05) is 7.05 Å². The first-order chi connectivity index (χ1) is 9.69. The highest BCUT2D eigenvalue weighted by atomic mass is 32.2. The van der Waals surface area contributed by atoms with Crippen LogP contribution in [0.3, 0.4) is 0 Å². The Morgan fingerprint density at radius 1 is 1.30 bits per heavy atom. The summed E-state index contributed by atoms with van der Waals surface area (Å²) in [5, 5.41) is 1.40. The highest BCUT2D eigenvalue weighted by Crippen LogP contribution is 2.30. The molecule has 3 aromatic rings. The molecule has 2 aromatic heterocycles. The van der Waals surface area contributed by atoms with Crippen LogP contribution in [0.5, 0.6) is 0 Å². The first kappa shape index (κ1) is 12.8. The Morgan fingerprint density at radius 2 is 2.10 bits per heavy atom. The van der Waals surface area contributed by atoms with Crippen molar-refractivity contribution >= 4 is 28.8 Å². The fraction of sp³-hybridized carbons (Fsp3) is 0.143. The van der Waals surface area contributed by atoms with Crippen molar-refractivity contribution in [2.45, 2.75) is 10.2 Å². The van der Waals surface area contributed by atoms with Crippen LogP contribution in [0.25, 0.3) is 11.0 Å². The van der Waals surface area contributed by atoms with Gasteiger partial charge >= 0.3 is 5.97 Å². The first-order valence-electron chi connectivity index (χ1n) is 5.96. The van der Waals surface area contributed by atoms with Crippen molar-refractivity contribution in [1.82, 2.24) is 9.55 Å². The van der Waals surface area contributed by atoms with Gasteiger partial charge in [0.1, 0.15) is 0 Å². The van der Waals surface area contributed by atoms with Gasteiger partial charge in [0.15, 0.2) is 10.2 Å². The van der Waals surface area contributed by atoms with E-state index in [0.717, 1.165) is 16.2 Å². The highest BCUT2D eigenvalue weighted by Gasteiger charge is 2.14. The van der Waals surface area contributed by atoms with Crippen LogP contribution in [0.2, 0.25) is 0 Å². The molecule has 3 rings (SSSR count). The van der Waals surface area contributed by atoms with Gasteiger partial charge in [-0.3, -0.25) is 0 Å². The topological polar surface area (TPSA) is 57.3 Å². The molecular formula is C14H12N2O3S. The Hall–Kier alpha value is -2.21. The lowest BCUT2D eigenvalue weighted by Crippen LogP contribution is -1.98. The summed E-state index contributed by atoms with van der Waals surface area (Å²) in [7, 11) is 3.27. The van der Waals surface area contributed by atoms with Gasteiger partial charge in [-0.1, -0.05) is 12.1 Å².